The van der Waals surface area contributed by atoms with Crippen LogP contribution in [0.4, 0.5) is 0 Å². The van der Waals surface area contributed by atoms with Gasteiger partial charge in [-0.15, -0.1) is 23.2 Å². The molecule has 1 aliphatic carbocycles. The van der Waals surface area contributed by atoms with Gasteiger partial charge in [0.2, 0.25) is 0 Å². The molecule has 0 bridgehead atoms. The summed E-state index contributed by atoms with van der Waals surface area (Å²) in [4.78, 5) is 0. The summed E-state index contributed by atoms with van der Waals surface area (Å²) >= 11 is 11.6. The first-order valence-corrected chi connectivity index (χ1v) is 3.44. The summed E-state index contributed by atoms with van der Waals surface area (Å²) in [5.41, 5.74) is 0. The zero-order valence-corrected chi connectivity index (χ0v) is 5.74. The Bertz CT molecular complexity index is 112. The summed E-state index contributed by atoms with van der Waals surface area (Å²) in [5.74, 6) is 0.872. The molecule has 0 radical (unpaired) electrons. The van der Waals surface area contributed by atoms with Crippen LogP contribution in [0.15, 0.2) is 0 Å². The van der Waals surface area contributed by atoms with E-state index < -0.39 is 4.33 Å². The number of halogens is 2. The first kappa shape index (κ1) is 5.33. The van der Waals surface area contributed by atoms with Gasteiger partial charge in [-0.3, -0.25) is 0 Å². The highest BCUT2D eigenvalue weighted by molar-refractivity contribution is 6.51. The van der Waals surface area contributed by atoms with Crippen LogP contribution in [0.2, 0.25) is 0 Å². The van der Waals surface area contributed by atoms with Gasteiger partial charge in [0.1, 0.15) is 4.33 Å². The van der Waals surface area contributed by atoms with E-state index in [2.05, 4.69) is 0 Å². The molecule has 1 saturated heterocycles. The third kappa shape index (κ3) is 0.476. The molecule has 0 amide bonds. The number of fused-ring (bicyclic) bond motifs is 1. The lowest BCUT2D eigenvalue weighted by Gasteiger charge is -2.01. The summed E-state index contributed by atoms with van der Waals surface area (Å²) in [6.45, 7) is 1.52. The molecule has 2 fully saturated rings. The largest absolute Gasteiger partial charge is 0.381 e. The van der Waals surface area contributed by atoms with Crippen molar-refractivity contribution in [2.24, 2.45) is 11.8 Å². The highest BCUT2D eigenvalue weighted by Gasteiger charge is 2.66. The van der Waals surface area contributed by atoms with Gasteiger partial charge in [0.25, 0.3) is 0 Å². The Balaban J connectivity index is 2.13. The van der Waals surface area contributed by atoms with Crippen LogP contribution in [-0.2, 0) is 4.74 Å². The predicted octanol–water partition coefficient (Wildman–Crippen LogP) is 1.44. The molecule has 1 aliphatic heterocycles. The second-order valence-electron chi connectivity index (χ2n) is 2.42. The molecule has 8 heavy (non-hydrogen) atoms. The molecule has 3 heteroatoms. The Kier molecular flexibility index (Phi) is 0.891. The van der Waals surface area contributed by atoms with Crippen molar-refractivity contribution in [2.45, 2.75) is 4.33 Å². The third-order valence-electron chi connectivity index (χ3n) is 1.96. The molecule has 2 atom stereocenters. The van der Waals surface area contributed by atoms with Gasteiger partial charge in [0, 0.05) is 11.8 Å². The van der Waals surface area contributed by atoms with Gasteiger partial charge in [-0.05, 0) is 0 Å². The highest BCUT2D eigenvalue weighted by Crippen LogP contribution is 2.61. The van der Waals surface area contributed by atoms with Gasteiger partial charge in [-0.1, -0.05) is 0 Å². The van der Waals surface area contributed by atoms with E-state index in [1.165, 1.54) is 0 Å². The number of hydrogen-bond donors (Lipinski definition) is 0. The molecule has 1 nitrogen and oxygen atoms in total. The summed E-state index contributed by atoms with van der Waals surface area (Å²) < 4.78 is 4.65. The second kappa shape index (κ2) is 1.34. The minimum absolute atomic E-state index is 0.418. The molecule has 0 N–H and O–H groups in total. The van der Waals surface area contributed by atoms with E-state index in [-0.39, 0.29) is 0 Å². The maximum absolute atomic E-state index is 5.79. The lowest BCUT2D eigenvalue weighted by Crippen LogP contribution is -2.04. The molecule has 0 aromatic carbocycles. The van der Waals surface area contributed by atoms with Crippen molar-refractivity contribution in [3.63, 3.8) is 0 Å². The Morgan fingerprint density at radius 1 is 1.25 bits per heavy atom. The summed E-state index contributed by atoms with van der Waals surface area (Å²) in [6, 6.07) is 0. The minimum Gasteiger partial charge on any atom is -0.381 e. The molecule has 1 heterocycles. The Hall–Kier alpha value is 0.540. The third-order valence-corrected chi connectivity index (χ3v) is 3.08. The van der Waals surface area contributed by atoms with E-state index in [0.29, 0.717) is 11.8 Å². The molecule has 0 aromatic heterocycles. The summed E-state index contributed by atoms with van der Waals surface area (Å²) in [5, 5.41) is 0. The normalized spacial score (nSPS) is 48.8. The maximum Gasteiger partial charge on any atom is 0.129 e. The molecular weight excluding hydrogens is 147 g/mol. The van der Waals surface area contributed by atoms with Crippen molar-refractivity contribution in [1.29, 1.82) is 0 Å². The number of hydrogen-bond acceptors (Lipinski definition) is 1. The van der Waals surface area contributed by atoms with Crippen molar-refractivity contribution < 1.29 is 4.74 Å². The lowest BCUT2D eigenvalue weighted by atomic mass is 10.4. The second-order valence-corrected chi connectivity index (χ2v) is 3.87. The van der Waals surface area contributed by atoms with Crippen LogP contribution in [0.5, 0.6) is 0 Å². The topological polar surface area (TPSA) is 9.23 Å². The fraction of sp³-hybridized carbons (Fsp3) is 1.00. The molecule has 2 unspecified atom stereocenters. The number of alkyl halides is 2. The maximum atomic E-state index is 5.79. The zero-order valence-electron chi connectivity index (χ0n) is 4.23. The Morgan fingerprint density at radius 3 is 2.00 bits per heavy atom. The highest BCUT2D eigenvalue weighted by atomic mass is 35.5. The zero-order chi connectivity index (χ0) is 5.78. The average molecular weight is 153 g/mol. The van der Waals surface area contributed by atoms with Crippen molar-refractivity contribution in [2.75, 3.05) is 13.2 Å². The molecule has 1 saturated carbocycles. The molecule has 0 aromatic rings. The molecular formula is C5H6Cl2O. The average Bonchev–Trinajstić information content (AvgIpc) is 2.22. The van der Waals surface area contributed by atoms with Crippen LogP contribution in [0.1, 0.15) is 0 Å². The molecule has 2 rings (SSSR count). The van der Waals surface area contributed by atoms with Crippen LogP contribution < -0.4 is 0 Å². The Morgan fingerprint density at radius 2 is 1.75 bits per heavy atom. The quantitative estimate of drug-likeness (QED) is 0.478. The van der Waals surface area contributed by atoms with Crippen molar-refractivity contribution >= 4 is 23.2 Å². The van der Waals surface area contributed by atoms with Crippen molar-refractivity contribution in [3.05, 3.63) is 0 Å². The van der Waals surface area contributed by atoms with Gasteiger partial charge in [0.15, 0.2) is 0 Å². The lowest BCUT2D eigenvalue weighted by molar-refractivity contribution is 0.163. The van der Waals surface area contributed by atoms with Gasteiger partial charge in [-0.2, -0.15) is 0 Å². The molecule has 46 valence electrons. The van der Waals surface area contributed by atoms with Crippen LogP contribution in [0.3, 0.4) is 0 Å². The van der Waals surface area contributed by atoms with E-state index in [1.807, 2.05) is 0 Å². The Labute approximate surface area is 57.9 Å². The van der Waals surface area contributed by atoms with Gasteiger partial charge in [-0.25, -0.2) is 0 Å². The fourth-order valence-corrected chi connectivity index (χ4v) is 1.97. The van der Waals surface area contributed by atoms with E-state index >= 15 is 0 Å². The van der Waals surface area contributed by atoms with Crippen molar-refractivity contribution in [3.8, 4) is 0 Å². The standard InChI is InChI=1S/C5H6Cl2O/c6-5(7)3-1-8-2-4(3)5/h3-4H,1-2H2. The van der Waals surface area contributed by atoms with Crippen LogP contribution in [-0.4, -0.2) is 17.5 Å². The molecule has 2 aliphatic rings. The monoisotopic (exact) mass is 152 g/mol. The van der Waals surface area contributed by atoms with E-state index in [9.17, 15) is 0 Å². The molecule has 0 spiro atoms. The predicted molar refractivity (Wildman–Crippen MR) is 32.2 cm³/mol. The smallest absolute Gasteiger partial charge is 0.129 e. The number of rotatable bonds is 0. The minimum atomic E-state index is -0.418. The fourth-order valence-electron chi connectivity index (χ4n) is 1.24. The van der Waals surface area contributed by atoms with Gasteiger partial charge in [0.05, 0.1) is 13.2 Å². The van der Waals surface area contributed by atoms with Crippen LogP contribution in [0, 0.1) is 11.8 Å². The van der Waals surface area contributed by atoms with Gasteiger partial charge >= 0.3 is 0 Å². The van der Waals surface area contributed by atoms with Gasteiger partial charge < -0.3 is 4.74 Å². The first-order chi connectivity index (χ1) is 3.73. The van der Waals surface area contributed by atoms with Crippen LogP contribution in [0.25, 0.3) is 0 Å². The van der Waals surface area contributed by atoms with Crippen LogP contribution >= 0.6 is 23.2 Å². The van der Waals surface area contributed by atoms with E-state index in [0.717, 1.165) is 13.2 Å². The summed E-state index contributed by atoms with van der Waals surface area (Å²) in [7, 11) is 0. The summed E-state index contributed by atoms with van der Waals surface area (Å²) in [6.07, 6.45) is 0. The number of ether oxygens (including phenoxy) is 1. The van der Waals surface area contributed by atoms with E-state index in [4.69, 9.17) is 27.9 Å². The van der Waals surface area contributed by atoms with Crippen molar-refractivity contribution in [1.82, 2.24) is 0 Å². The SMILES string of the molecule is ClC1(Cl)C2COCC21. The first-order valence-electron chi connectivity index (χ1n) is 2.68. The van der Waals surface area contributed by atoms with E-state index in [1.54, 1.807) is 0 Å².